The lowest BCUT2D eigenvalue weighted by Gasteiger charge is -1.98. The summed E-state index contributed by atoms with van der Waals surface area (Å²) in [7, 11) is 0. The molecule has 0 bridgehead atoms. The minimum Gasteiger partial charge on any atom is -0.308 e. The van der Waals surface area contributed by atoms with Crippen LogP contribution in [0.4, 0.5) is 0 Å². The number of rotatable bonds is 4. The van der Waals surface area contributed by atoms with Crippen molar-refractivity contribution in [1.82, 2.24) is 0 Å². The highest BCUT2D eigenvalue weighted by Gasteiger charge is 1.95. The van der Waals surface area contributed by atoms with Crippen molar-refractivity contribution in [1.29, 1.82) is 5.41 Å². The lowest BCUT2D eigenvalue weighted by atomic mass is 10.1. The van der Waals surface area contributed by atoms with Crippen LogP contribution in [0.15, 0.2) is 41.5 Å². The first kappa shape index (κ1) is 11.4. The summed E-state index contributed by atoms with van der Waals surface area (Å²) in [5.74, 6) is 0.434. The highest BCUT2D eigenvalue weighted by atomic mass is 14.7. The van der Waals surface area contributed by atoms with Crippen LogP contribution >= 0.6 is 0 Å². The Morgan fingerprint density at radius 1 is 1.27 bits per heavy atom. The average Bonchev–Trinajstić information content (AvgIpc) is 2.25. The molecule has 1 N–H and O–H groups in total. The van der Waals surface area contributed by atoms with Gasteiger partial charge in [-0.25, -0.2) is 0 Å². The van der Waals surface area contributed by atoms with Crippen LogP contribution in [0.25, 0.3) is 5.57 Å². The standard InChI is InChI=1S/C13H16N2/c1-11(2)9-15-10-13(8-14)12-6-4-3-5-7-12/h3-11,14H,1-2H3/b13-10+,14-8?,15-9-. The maximum absolute atomic E-state index is 7.32. The van der Waals surface area contributed by atoms with Crippen LogP contribution < -0.4 is 0 Å². The van der Waals surface area contributed by atoms with Crippen LogP contribution in [0.3, 0.4) is 0 Å². The fourth-order valence-corrected chi connectivity index (χ4v) is 1.12. The molecule has 78 valence electrons. The van der Waals surface area contributed by atoms with Crippen LogP contribution in [0.2, 0.25) is 0 Å². The third-order valence-corrected chi connectivity index (χ3v) is 1.86. The topological polar surface area (TPSA) is 36.2 Å². The Balaban J connectivity index is 2.85. The first-order valence-electron chi connectivity index (χ1n) is 5.03. The Hall–Kier alpha value is -1.70. The second-order valence-corrected chi connectivity index (χ2v) is 3.64. The molecule has 0 unspecified atom stereocenters. The first-order valence-corrected chi connectivity index (χ1v) is 5.03. The van der Waals surface area contributed by atoms with Gasteiger partial charge in [0, 0.05) is 24.2 Å². The van der Waals surface area contributed by atoms with Crippen LogP contribution in [-0.2, 0) is 0 Å². The monoisotopic (exact) mass is 200 g/mol. The van der Waals surface area contributed by atoms with Gasteiger partial charge in [-0.15, -0.1) is 0 Å². The molecule has 0 aliphatic heterocycles. The predicted molar refractivity (Wildman–Crippen MR) is 66.5 cm³/mol. The molecular formula is C13H16N2. The molecule has 0 heterocycles. The van der Waals surface area contributed by atoms with E-state index in [1.807, 2.05) is 36.5 Å². The SMILES string of the molecule is CC(C)/C=N\C=C(/C=N)c1ccccc1. The van der Waals surface area contributed by atoms with E-state index in [1.54, 1.807) is 6.20 Å². The van der Waals surface area contributed by atoms with E-state index in [4.69, 9.17) is 5.41 Å². The lowest BCUT2D eigenvalue weighted by molar-refractivity contribution is 0.907. The summed E-state index contributed by atoms with van der Waals surface area (Å²) in [6.07, 6.45) is 4.92. The van der Waals surface area contributed by atoms with Gasteiger partial charge in [-0.2, -0.15) is 0 Å². The Kier molecular flexibility index (Phi) is 4.48. The van der Waals surface area contributed by atoms with Gasteiger partial charge in [0.1, 0.15) is 0 Å². The molecule has 15 heavy (non-hydrogen) atoms. The van der Waals surface area contributed by atoms with Gasteiger partial charge < -0.3 is 5.41 Å². The predicted octanol–water partition coefficient (Wildman–Crippen LogP) is 3.40. The smallest absolute Gasteiger partial charge is 0.0357 e. The summed E-state index contributed by atoms with van der Waals surface area (Å²) < 4.78 is 0. The zero-order valence-corrected chi connectivity index (χ0v) is 9.14. The van der Waals surface area contributed by atoms with Gasteiger partial charge in [0.05, 0.1) is 0 Å². The molecule has 0 saturated heterocycles. The van der Waals surface area contributed by atoms with Crippen LogP contribution in [0.1, 0.15) is 19.4 Å². The normalized spacial score (nSPS) is 12.3. The summed E-state index contributed by atoms with van der Waals surface area (Å²) in [4.78, 5) is 4.18. The zero-order valence-electron chi connectivity index (χ0n) is 9.14. The Bertz CT molecular complexity index is 361. The molecule has 1 aromatic carbocycles. The Morgan fingerprint density at radius 3 is 2.47 bits per heavy atom. The Morgan fingerprint density at radius 2 is 1.93 bits per heavy atom. The van der Waals surface area contributed by atoms with Crippen molar-refractivity contribution in [3.63, 3.8) is 0 Å². The number of hydrogen-bond donors (Lipinski definition) is 1. The van der Waals surface area contributed by atoms with E-state index < -0.39 is 0 Å². The molecule has 2 heteroatoms. The minimum atomic E-state index is 0.434. The van der Waals surface area contributed by atoms with Gasteiger partial charge in [0.15, 0.2) is 0 Å². The molecule has 1 rings (SSSR count). The Labute approximate surface area is 90.9 Å². The average molecular weight is 200 g/mol. The van der Waals surface area contributed by atoms with Gasteiger partial charge >= 0.3 is 0 Å². The second-order valence-electron chi connectivity index (χ2n) is 3.64. The van der Waals surface area contributed by atoms with E-state index in [0.717, 1.165) is 11.1 Å². The minimum absolute atomic E-state index is 0.434. The first-order chi connectivity index (χ1) is 7.24. The highest BCUT2D eigenvalue weighted by Crippen LogP contribution is 2.11. The summed E-state index contributed by atoms with van der Waals surface area (Å²) in [5, 5.41) is 7.32. The largest absolute Gasteiger partial charge is 0.308 e. The van der Waals surface area contributed by atoms with E-state index in [-0.39, 0.29) is 0 Å². The molecule has 0 aromatic heterocycles. The van der Waals surface area contributed by atoms with Gasteiger partial charge in [-0.1, -0.05) is 44.2 Å². The van der Waals surface area contributed by atoms with Crippen molar-refractivity contribution in [2.24, 2.45) is 10.9 Å². The van der Waals surface area contributed by atoms with Crippen LogP contribution in [0, 0.1) is 11.3 Å². The van der Waals surface area contributed by atoms with E-state index in [2.05, 4.69) is 18.8 Å². The van der Waals surface area contributed by atoms with E-state index in [0.29, 0.717) is 5.92 Å². The van der Waals surface area contributed by atoms with Crippen molar-refractivity contribution in [3.05, 3.63) is 42.1 Å². The van der Waals surface area contributed by atoms with Gasteiger partial charge in [0.2, 0.25) is 0 Å². The molecule has 1 aromatic rings. The van der Waals surface area contributed by atoms with Gasteiger partial charge in [0.25, 0.3) is 0 Å². The van der Waals surface area contributed by atoms with Crippen LogP contribution in [0.5, 0.6) is 0 Å². The fourth-order valence-electron chi connectivity index (χ4n) is 1.12. The molecular weight excluding hydrogens is 184 g/mol. The zero-order chi connectivity index (χ0) is 11.1. The molecule has 2 nitrogen and oxygen atoms in total. The van der Waals surface area contributed by atoms with Crippen molar-refractivity contribution < 1.29 is 0 Å². The second kappa shape index (κ2) is 5.91. The number of hydrogen-bond acceptors (Lipinski definition) is 2. The van der Waals surface area contributed by atoms with E-state index in [1.165, 1.54) is 6.21 Å². The molecule has 0 fully saturated rings. The number of nitrogens with zero attached hydrogens (tertiary/aromatic N) is 1. The van der Waals surface area contributed by atoms with Crippen molar-refractivity contribution in [3.8, 4) is 0 Å². The molecule has 0 radical (unpaired) electrons. The number of benzene rings is 1. The molecule has 0 atom stereocenters. The van der Waals surface area contributed by atoms with E-state index >= 15 is 0 Å². The molecule has 0 saturated carbocycles. The maximum atomic E-state index is 7.32. The molecule has 0 amide bonds. The summed E-state index contributed by atoms with van der Waals surface area (Å²) in [5.41, 5.74) is 1.85. The van der Waals surface area contributed by atoms with Gasteiger partial charge in [-0.3, -0.25) is 4.99 Å². The van der Waals surface area contributed by atoms with Gasteiger partial charge in [-0.05, 0) is 11.5 Å². The summed E-state index contributed by atoms with van der Waals surface area (Å²) >= 11 is 0. The molecule has 0 spiro atoms. The number of nitrogens with one attached hydrogen (secondary N) is 1. The number of aliphatic imine (C=N–C) groups is 1. The van der Waals surface area contributed by atoms with Crippen molar-refractivity contribution in [2.45, 2.75) is 13.8 Å². The maximum Gasteiger partial charge on any atom is 0.0357 e. The summed E-state index contributed by atoms with van der Waals surface area (Å²) in [6, 6.07) is 9.82. The third kappa shape index (κ3) is 3.90. The number of allylic oxidation sites excluding steroid dienone is 1. The molecule has 0 aliphatic carbocycles. The lowest BCUT2D eigenvalue weighted by Crippen LogP contribution is -1.87. The quantitative estimate of drug-likeness (QED) is 0.723. The third-order valence-electron chi connectivity index (χ3n) is 1.86. The van der Waals surface area contributed by atoms with Crippen molar-refractivity contribution >= 4 is 18.0 Å². The van der Waals surface area contributed by atoms with E-state index in [9.17, 15) is 0 Å². The summed E-state index contributed by atoms with van der Waals surface area (Å²) in [6.45, 7) is 4.15. The fraction of sp³-hybridized carbons (Fsp3) is 0.231. The van der Waals surface area contributed by atoms with Crippen LogP contribution in [-0.4, -0.2) is 12.4 Å². The van der Waals surface area contributed by atoms with Crippen molar-refractivity contribution in [2.75, 3.05) is 0 Å². The highest BCUT2D eigenvalue weighted by molar-refractivity contribution is 6.08. The molecule has 0 aliphatic rings.